The number of halogens is 1. The average Bonchev–Trinajstić information content (AvgIpc) is 2.73. The van der Waals surface area contributed by atoms with E-state index in [1.807, 2.05) is 0 Å². The van der Waals surface area contributed by atoms with Gasteiger partial charge in [-0.15, -0.1) is 12.4 Å². The molecule has 0 spiro atoms. The molecule has 29 heavy (non-hydrogen) atoms. The zero-order valence-electron chi connectivity index (χ0n) is 19.8. The molecule has 1 atom stereocenters. The van der Waals surface area contributed by atoms with E-state index in [-0.39, 0.29) is 23.9 Å². The van der Waals surface area contributed by atoms with Gasteiger partial charge in [0.05, 0.1) is 0 Å². The van der Waals surface area contributed by atoms with E-state index < -0.39 is 0 Å². The van der Waals surface area contributed by atoms with E-state index in [9.17, 15) is 0 Å². The lowest BCUT2D eigenvalue weighted by atomic mass is 9.69. The summed E-state index contributed by atoms with van der Waals surface area (Å²) in [5, 5.41) is 0. The second-order valence-electron chi connectivity index (χ2n) is 8.87. The molecule has 0 saturated heterocycles. The Balaban J connectivity index is 0.00000784. The fourth-order valence-electron chi connectivity index (χ4n) is 4.83. The topological polar surface area (TPSA) is 26.0 Å². The van der Waals surface area contributed by atoms with E-state index in [0.29, 0.717) is 0 Å². The molecule has 0 heterocycles. The predicted octanol–water partition coefficient (Wildman–Crippen LogP) is 8.97. The van der Waals surface area contributed by atoms with Crippen LogP contribution in [0.5, 0.6) is 0 Å². The van der Waals surface area contributed by atoms with Crippen LogP contribution in [-0.4, -0.2) is 6.04 Å². The molecular weight excluding hydrogens is 374 g/mol. The SMILES string of the molecule is CCCCCCCCCCCCCCCC(N)C(CC)(CC)c1ccccc1.Cl. The van der Waals surface area contributed by atoms with Gasteiger partial charge >= 0.3 is 0 Å². The van der Waals surface area contributed by atoms with Gasteiger partial charge in [0.25, 0.3) is 0 Å². The van der Waals surface area contributed by atoms with Gasteiger partial charge in [0.15, 0.2) is 0 Å². The number of benzene rings is 1. The van der Waals surface area contributed by atoms with Gasteiger partial charge in [0, 0.05) is 11.5 Å². The van der Waals surface area contributed by atoms with E-state index >= 15 is 0 Å². The highest BCUT2D eigenvalue weighted by molar-refractivity contribution is 5.85. The summed E-state index contributed by atoms with van der Waals surface area (Å²) in [5.41, 5.74) is 8.33. The van der Waals surface area contributed by atoms with Crippen molar-refractivity contribution in [3.63, 3.8) is 0 Å². The molecule has 0 radical (unpaired) electrons. The maximum absolute atomic E-state index is 6.75. The van der Waals surface area contributed by atoms with Crippen molar-refractivity contribution in [3.8, 4) is 0 Å². The number of nitrogens with two attached hydrogens (primary N) is 1. The van der Waals surface area contributed by atoms with Gasteiger partial charge in [-0.2, -0.15) is 0 Å². The third kappa shape index (κ3) is 10.9. The van der Waals surface area contributed by atoms with Crippen LogP contribution in [0.1, 0.15) is 129 Å². The Labute approximate surface area is 189 Å². The Hall–Kier alpha value is -0.530. The highest BCUT2D eigenvalue weighted by Crippen LogP contribution is 2.36. The molecule has 2 N–H and O–H groups in total. The largest absolute Gasteiger partial charge is 0.327 e. The molecule has 1 nitrogen and oxygen atoms in total. The first-order chi connectivity index (χ1) is 13.7. The Kier molecular flexibility index (Phi) is 17.9. The second-order valence-corrected chi connectivity index (χ2v) is 8.87. The van der Waals surface area contributed by atoms with Crippen LogP contribution in [0.25, 0.3) is 0 Å². The van der Waals surface area contributed by atoms with Crippen LogP contribution in [0, 0.1) is 0 Å². The third-order valence-corrected chi connectivity index (χ3v) is 6.94. The molecular formula is C27H50ClN. The lowest BCUT2D eigenvalue weighted by Gasteiger charge is -2.38. The highest BCUT2D eigenvalue weighted by atomic mass is 35.5. The third-order valence-electron chi connectivity index (χ3n) is 6.94. The van der Waals surface area contributed by atoms with E-state index in [1.54, 1.807) is 0 Å². The summed E-state index contributed by atoms with van der Waals surface area (Å²) in [6, 6.07) is 11.3. The van der Waals surface area contributed by atoms with Gasteiger partial charge in [0.2, 0.25) is 0 Å². The lowest BCUT2D eigenvalue weighted by Crippen LogP contribution is -2.44. The van der Waals surface area contributed by atoms with Crippen LogP contribution < -0.4 is 5.73 Å². The van der Waals surface area contributed by atoms with Gasteiger partial charge in [-0.25, -0.2) is 0 Å². The maximum atomic E-state index is 6.75. The van der Waals surface area contributed by atoms with E-state index in [4.69, 9.17) is 5.73 Å². The second kappa shape index (κ2) is 18.3. The summed E-state index contributed by atoms with van der Waals surface area (Å²) < 4.78 is 0. The molecule has 1 aromatic rings. The van der Waals surface area contributed by atoms with Crippen molar-refractivity contribution in [3.05, 3.63) is 35.9 Å². The number of rotatable bonds is 18. The fraction of sp³-hybridized carbons (Fsp3) is 0.778. The summed E-state index contributed by atoms with van der Waals surface area (Å²) >= 11 is 0. The molecule has 0 aliphatic carbocycles. The number of hydrogen-bond donors (Lipinski definition) is 1. The van der Waals surface area contributed by atoms with Crippen molar-refractivity contribution in [2.24, 2.45) is 5.73 Å². The molecule has 0 aliphatic heterocycles. The van der Waals surface area contributed by atoms with Crippen molar-refractivity contribution in [2.45, 2.75) is 135 Å². The molecule has 1 rings (SSSR count). The van der Waals surface area contributed by atoms with Crippen molar-refractivity contribution < 1.29 is 0 Å². The van der Waals surface area contributed by atoms with Crippen molar-refractivity contribution in [1.82, 2.24) is 0 Å². The van der Waals surface area contributed by atoms with Crippen molar-refractivity contribution in [2.75, 3.05) is 0 Å². The minimum Gasteiger partial charge on any atom is -0.327 e. The molecule has 2 heteroatoms. The first kappa shape index (κ1) is 28.5. The first-order valence-corrected chi connectivity index (χ1v) is 12.5. The van der Waals surface area contributed by atoms with Gasteiger partial charge < -0.3 is 5.73 Å². The summed E-state index contributed by atoms with van der Waals surface area (Å²) in [4.78, 5) is 0. The van der Waals surface area contributed by atoms with Crippen LogP contribution >= 0.6 is 12.4 Å². The number of unbranched alkanes of at least 4 members (excludes halogenated alkanes) is 12. The minimum atomic E-state index is 0. The summed E-state index contributed by atoms with van der Waals surface area (Å²) in [7, 11) is 0. The lowest BCUT2D eigenvalue weighted by molar-refractivity contribution is 0.297. The quantitative estimate of drug-likeness (QED) is 0.234. The highest BCUT2D eigenvalue weighted by Gasteiger charge is 2.34. The molecule has 0 saturated carbocycles. The molecule has 0 bridgehead atoms. The molecule has 0 amide bonds. The molecule has 0 aromatic heterocycles. The molecule has 0 fully saturated rings. The molecule has 1 aromatic carbocycles. The van der Waals surface area contributed by atoms with E-state index in [1.165, 1.54) is 89.0 Å². The van der Waals surface area contributed by atoms with Gasteiger partial charge in [-0.3, -0.25) is 0 Å². The Morgan fingerprint density at radius 1 is 0.655 bits per heavy atom. The zero-order chi connectivity index (χ0) is 20.5. The summed E-state index contributed by atoms with van der Waals surface area (Å²) in [6.07, 6.45) is 21.8. The van der Waals surface area contributed by atoms with E-state index in [0.717, 1.165) is 19.3 Å². The van der Waals surface area contributed by atoms with E-state index in [2.05, 4.69) is 51.1 Å². The van der Waals surface area contributed by atoms with Crippen LogP contribution in [0.2, 0.25) is 0 Å². The number of hydrogen-bond acceptors (Lipinski definition) is 1. The van der Waals surface area contributed by atoms with Crippen LogP contribution in [0.4, 0.5) is 0 Å². The first-order valence-electron chi connectivity index (χ1n) is 12.5. The van der Waals surface area contributed by atoms with Crippen LogP contribution in [0.15, 0.2) is 30.3 Å². The van der Waals surface area contributed by atoms with Crippen LogP contribution in [0.3, 0.4) is 0 Å². The normalized spacial score (nSPS) is 12.6. The Morgan fingerprint density at radius 3 is 1.48 bits per heavy atom. The van der Waals surface area contributed by atoms with Crippen molar-refractivity contribution >= 4 is 12.4 Å². The van der Waals surface area contributed by atoms with Gasteiger partial charge in [-0.1, -0.05) is 135 Å². The monoisotopic (exact) mass is 423 g/mol. The molecule has 0 aliphatic rings. The molecule has 170 valence electrons. The minimum absolute atomic E-state index is 0. The van der Waals surface area contributed by atoms with Gasteiger partial charge in [0.1, 0.15) is 0 Å². The Bertz CT molecular complexity index is 455. The Morgan fingerprint density at radius 2 is 1.07 bits per heavy atom. The standard InChI is InChI=1S/C27H49N.ClH/c1-4-7-8-9-10-11-12-13-14-15-16-17-21-24-26(28)27(5-2,6-3)25-22-19-18-20-23-25;/h18-20,22-23,26H,4-17,21,24,28H2,1-3H3;1H. The predicted molar refractivity (Wildman–Crippen MR) is 134 cm³/mol. The van der Waals surface area contributed by atoms with Crippen LogP contribution in [-0.2, 0) is 5.41 Å². The van der Waals surface area contributed by atoms with Crippen molar-refractivity contribution in [1.29, 1.82) is 0 Å². The summed E-state index contributed by atoms with van der Waals surface area (Å²) in [6.45, 7) is 6.90. The zero-order valence-corrected chi connectivity index (χ0v) is 20.6. The smallest absolute Gasteiger partial charge is 0.0136 e. The van der Waals surface area contributed by atoms with Gasteiger partial charge in [-0.05, 0) is 24.8 Å². The fourth-order valence-corrected chi connectivity index (χ4v) is 4.83. The molecule has 1 unspecified atom stereocenters. The summed E-state index contributed by atoms with van der Waals surface area (Å²) in [5.74, 6) is 0. The maximum Gasteiger partial charge on any atom is 0.0136 e. The average molecular weight is 424 g/mol.